The molecule has 13 heteroatoms. The normalized spacial score (nSPS) is 11.8. The van der Waals surface area contributed by atoms with Crippen LogP contribution in [0.15, 0.2) is 0 Å². The Bertz CT molecular complexity index is 872. The quantitative estimate of drug-likeness (QED) is 0.0404. The van der Waals surface area contributed by atoms with Crippen LogP contribution in [0.1, 0.15) is 148 Å². The number of carbonyl (C=O) groups is 5. The van der Waals surface area contributed by atoms with Crippen LogP contribution in [0.4, 0.5) is 0 Å². The van der Waals surface area contributed by atoms with Gasteiger partial charge < -0.3 is 45.5 Å². The zero-order chi connectivity index (χ0) is 36.4. The fourth-order valence-corrected chi connectivity index (χ4v) is 5.21. The molecule has 286 valence electrons. The first-order valence-corrected chi connectivity index (χ1v) is 18.7. The summed E-state index contributed by atoms with van der Waals surface area (Å²) in [6.07, 6.45) is 19.0. The standard InChI is InChI=1S/C36H67N3O10/c1-30(40)20-21-31(36(46)47)39-34(43)23-22-33(42)38-25-27-49-29-28-48-26-24-37-32(41)18-16-14-12-10-8-6-4-2-3-5-7-9-11-13-15-17-19-35(44)45/h31,35,44-45H,2-29H2,1H3,(H,37,41)(H,38,42)(H,39,43)(H,46,47)/t31-/m0/s1. The Balaban J connectivity index is 3.42. The number of rotatable bonds is 36. The summed E-state index contributed by atoms with van der Waals surface area (Å²) in [4.78, 5) is 58.1. The minimum Gasteiger partial charge on any atom is -0.480 e. The summed E-state index contributed by atoms with van der Waals surface area (Å²) in [5.74, 6) is -2.26. The van der Waals surface area contributed by atoms with Gasteiger partial charge in [-0.2, -0.15) is 0 Å². The highest BCUT2D eigenvalue weighted by molar-refractivity contribution is 5.87. The molecule has 6 N–H and O–H groups in total. The highest BCUT2D eigenvalue weighted by Crippen LogP contribution is 2.14. The summed E-state index contributed by atoms with van der Waals surface area (Å²) in [5, 5.41) is 34.6. The van der Waals surface area contributed by atoms with E-state index in [2.05, 4.69) is 16.0 Å². The number of carbonyl (C=O) groups excluding carboxylic acids is 4. The Hall–Kier alpha value is -2.61. The topological polar surface area (TPSA) is 201 Å². The van der Waals surface area contributed by atoms with Crippen LogP contribution in [-0.4, -0.2) is 96.6 Å². The summed E-state index contributed by atoms with van der Waals surface area (Å²) >= 11 is 0. The van der Waals surface area contributed by atoms with Gasteiger partial charge in [-0.1, -0.05) is 89.9 Å². The van der Waals surface area contributed by atoms with Crippen molar-refractivity contribution in [1.29, 1.82) is 0 Å². The van der Waals surface area contributed by atoms with Crippen molar-refractivity contribution in [2.75, 3.05) is 39.5 Å². The molecular weight excluding hydrogens is 634 g/mol. The monoisotopic (exact) mass is 701 g/mol. The molecule has 0 spiro atoms. The molecule has 0 aliphatic carbocycles. The fourth-order valence-electron chi connectivity index (χ4n) is 5.21. The number of hydrogen-bond acceptors (Lipinski definition) is 9. The average molecular weight is 702 g/mol. The lowest BCUT2D eigenvalue weighted by atomic mass is 10.0. The van der Waals surface area contributed by atoms with Crippen molar-refractivity contribution in [1.82, 2.24) is 16.0 Å². The van der Waals surface area contributed by atoms with E-state index in [0.29, 0.717) is 39.2 Å². The fraction of sp³-hybridized carbons (Fsp3) is 0.861. The van der Waals surface area contributed by atoms with Crippen LogP contribution >= 0.6 is 0 Å². The van der Waals surface area contributed by atoms with E-state index in [1.54, 1.807) is 0 Å². The van der Waals surface area contributed by atoms with Crippen LogP contribution in [0.2, 0.25) is 0 Å². The van der Waals surface area contributed by atoms with E-state index in [1.165, 1.54) is 84.0 Å². The van der Waals surface area contributed by atoms with Crippen molar-refractivity contribution in [3.8, 4) is 0 Å². The van der Waals surface area contributed by atoms with Crippen LogP contribution < -0.4 is 16.0 Å². The summed E-state index contributed by atoms with van der Waals surface area (Å²) in [6, 6.07) is -1.16. The van der Waals surface area contributed by atoms with Gasteiger partial charge in [0.15, 0.2) is 6.29 Å². The van der Waals surface area contributed by atoms with Crippen molar-refractivity contribution in [3.05, 3.63) is 0 Å². The zero-order valence-electron chi connectivity index (χ0n) is 30.2. The van der Waals surface area contributed by atoms with Crippen molar-refractivity contribution >= 4 is 29.5 Å². The lowest BCUT2D eigenvalue weighted by molar-refractivity contribution is -0.142. The third kappa shape index (κ3) is 35.0. The largest absolute Gasteiger partial charge is 0.480 e. The first-order chi connectivity index (χ1) is 23.6. The molecule has 0 heterocycles. The molecule has 3 amide bonds. The smallest absolute Gasteiger partial charge is 0.326 e. The summed E-state index contributed by atoms with van der Waals surface area (Å²) in [5.41, 5.74) is 0. The highest BCUT2D eigenvalue weighted by atomic mass is 16.5. The molecule has 0 aromatic heterocycles. The van der Waals surface area contributed by atoms with E-state index in [0.717, 1.165) is 25.7 Å². The molecule has 0 aliphatic heterocycles. The highest BCUT2D eigenvalue weighted by Gasteiger charge is 2.20. The molecule has 0 aromatic carbocycles. The number of hydrogen-bond donors (Lipinski definition) is 6. The SMILES string of the molecule is CC(=O)CC[C@H](NC(=O)CCC(=O)NCCOCCOCCNC(=O)CCCCCCCCCCCCCCCCCCC(O)O)C(=O)O. The summed E-state index contributed by atoms with van der Waals surface area (Å²) in [7, 11) is 0. The number of carboxylic acids is 1. The molecular formula is C36H67N3O10. The van der Waals surface area contributed by atoms with E-state index in [4.69, 9.17) is 24.8 Å². The number of carboxylic acid groups (broad SMARTS) is 1. The summed E-state index contributed by atoms with van der Waals surface area (Å²) < 4.78 is 10.9. The molecule has 0 saturated carbocycles. The van der Waals surface area contributed by atoms with Gasteiger partial charge in [0.05, 0.1) is 26.4 Å². The molecule has 0 saturated heterocycles. The molecule has 0 aliphatic rings. The van der Waals surface area contributed by atoms with Gasteiger partial charge in [-0.05, 0) is 32.6 Å². The molecule has 0 unspecified atom stereocenters. The molecule has 1 atom stereocenters. The van der Waals surface area contributed by atoms with Crippen molar-refractivity contribution in [3.63, 3.8) is 0 Å². The lowest BCUT2D eigenvalue weighted by Gasteiger charge is -2.13. The lowest BCUT2D eigenvalue weighted by Crippen LogP contribution is -2.41. The second-order valence-electron chi connectivity index (χ2n) is 12.8. The maximum absolute atomic E-state index is 12.0. The van der Waals surface area contributed by atoms with Gasteiger partial charge in [0.1, 0.15) is 11.8 Å². The van der Waals surface area contributed by atoms with Crippen LogP contribution in [-0.2, 0) is 33.4 Å². The molecule has 0 rings (SSSR count). The zero-order valence-corrected chi connectivity index (χ0v) is 30.2. The number of unbranched alkanes of at least 4 members (excludes halogenated alkanes) is 15. The number of aliphatic carboxylic acids is 1. The third-order valence-corrected chi connectivity index (χ3v) is 8.12. The van der Waals surface area contributed by atoms with Crippen molar-refractivity contribution in [2.24, 2.45) is 0 Å². The first kappa shape index (κ1) is 46.4. The van der Waals surface area contributed by atoms with Crippen LogP contribution in [0, 0.1) is 0 Å². The molecule has 49 heavy (non-hydrogen) atoms. The van der Waals surface area contributed by atoms with E-state index < -0.39 is 24.2 Å². The Kier molecular flexibility index (Phi) is 32.1. The van der Waals surface area contributed by atoms with Gasteiger partial charge in [0, 0.05) is 38.8 Å². The third-order valence-electron chi connectivity index (χ3n) is 8.12. The van der Waals surface area contributed by atoms with Gasteiger partial charge in [0.25, 0.3) is 0 Å². The maximum Gasteiger partial charge on any atom is 0.326 e. The predicted molar refractivity (Wildman–Crippen MR) is 188 cm³/mol. The number of amides is 3. The molecule has 0 radical (unpaired) electrons. The van der Waals surface area contributed by atoms with E-state index in [9.17, 15) is 24.0 Å². The Morgan fingerprint density at radius 1 is 0.510 bits per heavy atom. The van der Waals surface area contributed by atoms with Gasteiger partial charge in [-0.15, -0.1) is 0 Å². The van der Waals surface area contributed by atoms with Crippen molar-refractivity contribution < 1.29 is 48.8 Å². The Morgan fingerprint density at radius 3 is 1.35 bits per heavy atom. The van der Waals surface area contributed by atoms with Crippen molar-refractivity contribution in [2.45, 2.75) is 161 Å². The first-order valence-electron chi connectivity index (χ1n) is 18.7. The molecule has 13 nitrogen and oxygen atoms in total. The molecule has 0 fully saturated rings. The van der Waals surface area contributed by atoms with Crippen LogP contribution in [0.3, 0.4) is 0 Å². The second-order valence-corrected chi connectivity index (χ2v) is 12.8. The van der Waals surface area contributed by atoms with Crippen LogP contribution in [0.5, 0.6) is 0 Å². The Morgan fingerprint density at radius 2 is 0.918 bits per heavy atom. The van der Waals surface area contributed by atoms with E-state index >= 15 is 0 Å². The van der Waals surface area contributed by atoms with Gasteiger partial charge in [0.2, 0.25) is 17.7 Å². The predicted octanol–water partition coefficient (Wildman–Crippen LogP) is 4.30. The molecule has 0 aromatic rings. The number of ketones is 1. The van der Waals surface area contributed by atoms with E-state index in [-0.39, 0.29) is 56.4 Å². The van der Waals surface area contributed by atoms with Gasteiger partial charge in [-0.25, -0.2) is 4.79 Å². The molecule has 0 bridgehead atoms. The number of nitrogens with one attached hydrogen (secondary N) is 3. The number of aliphatic hydroxyl groups is 2. The number of aliphatic hydroxyl groups excluding tert-OH is 1. The van der Waals surface area contributed by atoms with Gasteiger partial charge >= 0.3 is 5.97 Å². The number of ether oxygens (including phenoxy) is 2. The maximum atomic E-state index is 12.0. The minimum atomic E-state index is -1.22. The number of Topliss-reactive ketones (excluding diaryl/α,β-unsaturated/α-hetero) is 1. The average Bonchev–Trinajstić information content (AvgIpc) is 3.05. The Labute approximate surface area is 294 Å². The summed E-state index contributed by atoms with van der Waals surface area (Å²) in [6.45, 7) is 3.42. The minimum absolute atomic E-state index is 0.00608. The second kappa shape index (κ2) is 33.9. The van der Waals surface area contributed by atoms with Crippen LogP contribution in [0.25, 0.3) is 0 Å². The van der Waals surface area contributed by atoms with E-state index in [1.807, 2.05) is 0 Å². The van der Waals surface area contributed by atoms with Gasteiger partial charge in [-0.3, -0.25) is 14.4 Å².